The number of aliphatic hydroxyl groups is 1. The predicted octanol–water partition coefficient (Wildman–Crippen LogP) is 4.89. The third-order valence-electron chi connectivity index (χ3n) is 9.70. The third-order valence-corrected chi connectivity index (χ3v) is 9.70. The van der Waals surface area contributed by atoms with Gasteiger partial charge in [0.05, 0.1) is 5.60 Å². The Morgan fingerprint density at radius 3 is 2.75 bits per heavy atom. The second kappa shape index (κ2) is 7.91. The second-order valence-electron chi connectivity index (χ2n) is 11.1. The molecule has 0 heterocycles. The Kier molecular flexibility index (Phi) is 5.83. The maximum Gasteiger partial charge on any atom is 0.129 e. The Bertz CT molecular complexity index is 581. The number of hydrogen-bond acceptors (Lipinski definition) is 4. The van der Waals surface area contributed by atoms with Gasteiger partial charge in [0.2, 0.25) is 0 Å². The Balaban J connectivity index is 1.38. The summed E-state index contributed by atoms with van der Waals surface area (Å²) < 4.78 is 0. The van der Waals surface area contributed by atoms with E-state index in [-0.39, 0.29) is 0 Å². The van der Waals surface area contributed by atoms with Crippen molar-refractivity contribution in [2.75, 3.05) is 13.2 Å². The lowest BCUT2D eigenvalue weighted by Gasteiger charge is -2.61. The van der Waals surface area contributed by atoms with E-state index in [1.807, 2.05) is 0 Å². The minimum absolute atomic E-state index is 0.456. The van der Waals surface area contributed by atoms with Crippen LogP contribution in [0.25, 0.3) is 0 Å². The lowest BCUT2D eigenvalue weighted by molar-refractivity contribution is -0.148. The summed E-state index contributed by atoms with van der Waals surface area (Å²) in [5.41, 5.74) is 5.99. The zero-order valence-electron chi connectivity index (χ0n) is 18.2. The van der Waals surface area contributed by atoms with E-state index in [0.717, 1.165) is 43.4 Å². The van der Waals surface area contributed by atoms with Gasteiger partial charge >= 0.3 is 0 Å². The number of nitrogens with two attached hydrogens (primary N) is 1. The Labute approximate surface area is 171 Å². The molecule has 160 valence electrons. The molecule has 4 nitrogen and oxygen atoms in total. The molecule has 0 spiro atoms. The molecular weight excluding hydrogens is 348 g/mol. The fourth-order valence-electron chi connectivity index (χ4n) is 8.09. The summed E-state index contributed by atoms with van der Waals surface area (Å²) in [7, 11) is 0. The largest absolute Gasteiger partial charge is 0.395 e. The maximum atomic E-state index is 11.3. The molecule has 2 unspecified atom stereocenters. The van der Waals surface area contributed by atoms with Crippen LogP contribution in [0, 0.1) is 34.5 Å². The van der Waals surface area contributed by atoms with Crippen molar-refractivity contribution in [3.63, 3.8) is 0 Å². The molecule has 0 aromatic heterocycles. The van der Waals surface area contributed by atoms with Crippen molar-refractivity contribution in [2.24, 2.45) is 45.4 Å². The van der Waals surface area contributed by atoms with Gasteiger partial charge in [-0.2, -0.15) is 0 Å². The molecule has 4 saturated carbocycles. The van der Waals surface area contributed by atoms with Crippen molar-refractivity contribution in [1.29, 1.82) is 0 Å². The van der Waals surface area contributed by atoms with Gasteiger partial charge in [-0.05, 0) is 105 Å². The van der Waals surface area contributed by atoms with E-state index in [1.54, 1.807) is 6.21 Å². The van der Waals surface area contributed by atoms with E-state index in [2.05, 4.69) is 19.0 Å². The van der Waals surface area contributed by atoms with Gasteiger partial charge in [0.25, 0.3) is 0 Å². The van der Waals surface area contributed by atoms with Gasteiger partial charge in [0, 0.05) is 12.8 Å². The Morgan fingerprint density at radius 1 is 1.07 bits per heavy atom. The quantitative estimate of drug-likeness (QED) is 0.385. The molecule has 0 saturated heterocycles. The van der Waals surface area contributed by atoms with E-state index in [9.17, 15) is 5.11 Å². The highest BCUT2D eigenvalue weighted by atomic mass is 16.6. The van der Waals surface area contributed by atoms with Gasteiger partial charge in [-0.1, -0.05) is 25.4 Å². The number of nitrogens with zero attached hydrogens (tertiary/aromatic N) is 1. The average Bonchev–Trinajstić information content (AvgIpc) is 3.07. The first-order valence-electron chi connectivity index (χ1n) is 12.0. The minimum Gasteiger partial charge on any atom is -0.395 e. The molecule has 0 radical (unpaired) electrons. The molecule has 3 N–H and O–H groups in total. The molecule has 4 aliphatic carbocycles. The van der Waals surface area contributed by atoms with Crippen LogP contribution in [-0.2, 0) is 4.84 Å². The van der Waals surface area contributed by atoms with Crippen LogP contribution in [0.4, 0.5) is 0 Å². The molecule has 0 aliphatic heterocycles. The molecule has 28 heavy (non-hydrogen) atoms. The maximum absolute atomic E-state index is 11.3. The predicted molar refractivity (Wildman–Crippen MR) is 114 cm³/mol. The molecule has 4 aliphatic rings. The topological polar surface area (TPSA) is 67.8 Å². The van der Waals surface area contributed by atoms with Crippen LogP contribution in [0.2, 0.25) is 0 Å². The van der Waals surface area contributed by atoms with Gasteiger partial charge in [-0.25, -0.2) is 0 Å². The highest BCUT2D eigenvalue weighted by Gasteiger charge is 2.59. The third kappa shape index (κ3) is 3.64. The molecule has 4 fully saturated rings. The molecule has 0 bridgehead atoms. The fraction of sp³-hybridized carbons (Fsp3) is 0.958. The molecular formula is C24H42N2O2. The van der Waals surface area contributed by atoms with Crippen LogP contribution >= 0.6 is 0 Å². The summed E-state index contributed by atoms with van der Waals surface area (Å²) in [5, 5.41) is 15.2. The van der Waals surface area contributed by atoms with Gasteiger partial charge in [-0.3, -0.25) is 0 Å². The molecule has 0 aromatic rings. The van der Waals surface area contributed by atoms with Crippen molar-refractivity contribution in [3.05, 3.63) is 0 Å². The van der Waals surface area contributed by atoms with Gasteiger partial charge in [0.1, 0.15) is 6.61 Å². The van der Waals surface area contributed by atoms with Crippen molar-refractivity contribution in [3.8, 4) is 0 Å². The first-order chi connectivity index (χ1) is 13.4. The molecule has 4 heteroatoms. The van der Waals surface area contributed by atoms with Crippen molar-refractivity contribution >= 4 is 6.21 Å². The number of rotatable bonds is 6. The summed E-state index contributed by atoms with van der Waals surface area (Å²) >= 11 is 0. The first kappa shape index (κ1) is 20.7. The summed E-state index contributed by atoms with van der Waals surface area (Å²) in [4.78, 5) is 5.07. The summed E-state index contributed by atoms with van der Waals surface area (Å²) in [6.45, 7) is 6.13. The van der Waals surface area contributed by atoms with Gasteiger partial charge in [0.15, 0.2) is 0 Å². The van der Waals surface area contributed by atoms with Gasteiger partial charge in [-0.15, -0.1) is 0 Å². The summed E-state index contributed by atoms with van der Waals surface area (Å²) in [6.07, 6.45) is 16.6. The highest BCUT2D eigenvalue weighted by Crippen LogP contribution is 2.67. The van der Waals surface area contributed by atoms with E-state index in [0.29, 0.717) is 29.9 Å². The van der Waals surface area contributed by atoms with Crippen LogP contribution in [0.5, 0.6) is 0 Å². The van der Waals surface area contributed by atoms with E-state index < -0.39 is 5.60 Å². The lowest BCUT2D eigenvalue weighted by Crippen LogP contribution is -2.55. The van der Waals surface area contributed by atoms with Crippen LogP contribution < -0.4 is 5.73 Å². The van der Waals surface area contributed by atoms with Crippen LogP contribution in [-0.4, -0.2) is 30.1 Å². The van der Waals surface area contributed by atoms with Gasteiger partial charge < -0.3 is 15.7 Å². The molecule has 0 amide bonds. The normalized spacial score (nSPS) is 48.1. The zero-order valence-corrected chi connectivity index (χ0v) is 18.2. The second-order valence-corrected chi connectivity index (χ2v) is 11.1. The molecule has 4 rings (SSSR count). The molecule has 7 atom stereocenters. The van der Waals surface area contributed by atoms with E-state index in [1.165, 1.54) is 51.4 Å². The Morgan fingerprint density at radius 2 is 1.93 bits per heavy atom. The fourth-order valence-corrected chi connectivity index (χ4v) is 8.09. The van der Waals surface area contributed by atoms with Crippen LogP contribution in [0.3, 0.4) is 0 Å². The van der Waals surface area contributed by atoms with Crippen LogP contribution in [0.15, 0.2) is 5.16 Å². The van der Waals surface area contributed by atoms with E-state index >= 15 is 0 Å². The smallest absolute Gasteiger partial charge is 0.129 e. The monoisotopic (exact) mass is 390 g/mol. The van der Waals surface area contributed by atoms with Crippen molar-refractivity contribution < 1.29 is 9.94 Å². The highest BCUT2D eigenvalue weighted by molar-refractivity contribution is 5.56. The van der Waals surface area contributed by atoms with E-state index in [4.69, 9.17) is 10.6 Å². The lowest BCUT2D eigenvalue weighted by atomic mass is 9.44. The standard InChI is InChI=1S/C24H42N2O2/c1-22-9-3-5-20(22)19-7-6-18-17-24(27,10-4-15-26-28-16-14-25)13-12-23(18,2)21(19)8-11-22/h15,18-21,27H,3-14,16-17,25H2,1-2H3/b26-15+/t18?,19-,20-,21+,22-,23-,24?/m0/s1. The average molecular weight is 391 g/mol. The summed E-state index contributed by atoms with van der Waals surface area (Å²) in [5.74, 6) is 3.54. The summed E-state index contributed by atoms with van der Waals surface area (Å²) in [6, 6.07) is 0. The zero-order chi connectivity index (χ0) is 19.8. The van der Waals surface area contributed by atoms with Crippen LogP contribution in [0.1, 0.15) is 90.9 Å². The minimum atomic E-state index is -0.507. The Hall–Kier alpha value is -0.610. The SMILES string of the molecule is C[C@@]12CCC[C@H]1[C@@H]1CCC3CC(O)(CC/C=N/OCCN)CC[C@]3(C)[C@@H]1CC2. The first-order valence-corrected chi connectivity index (χ1v) is 12.0. The number of oxime groups is 1. The van der Waals surface area contributed by atoms with Crippen molar-refractivity contribution in [1.82, 2.24) is 0 Å². The number of fused-ring (bicyclic) bond motifs is 5. The number of hydrogen-bond donors (Lipinski definition) is 2. The molecule has 0 aromatic carbocycles. The van der Waals surface area contributed by atoms with Crippen molar-refractivity contribution in [2.45, 2.75) is 96.5 Å².